The Morgan fingerprint density at radius 3 is 0.544 bits per heavy atom. The van der Waals surface area contributed by atoms with Gasteiger partial charge in [0, 0.05) is 44.5 Å². The van der Waals surface area contributed by atoms with Crippen LogP contribution in [0.2, 0.25) is 0 Å². The third kappa shape index (κ3) is 17.9. The molecule has 0 aliphatic heterocycles. The molecule has 0 radical (unpaired) electrons. The molecule has 0 aromatic heterocycles. The molecule has 0 heterocycles. The Kier molecular flexibility index (Phi) is 19.1. The van der Waals surface area contributed by atoms with Crippen LogP contribution < -0.4 is 5.26 Å². The van der Waals surface area contributed by atoms with Gasteiger partial charge in [-0.1, -0.05) is 243 Å². The molecule has 0 aliphatic rings. The second-order valence-electron chi connectivity index (χ2n) is 16.8. The summed E-state index contributed by atoms with van der Waals surface area (Å²) in [6.45, 7) is 8.00. The van der Waals surface area contributed by atoms with Crippen LogP contribution in [0.25, 0.3) is 0 Å². The SMILES string of the molecule is O=S(=O)([O-])OS(=O)(=O)O[O-].c1ccc(C[N+](Cc2ccccc2)(Cc2ccccc2)Cc2ccccc2)cc1.c1ccc(C[N+](Cc2ccccc2)(Cc2ccccc2)Cc2ccccc2)cc1. The van der Waals surface area contributed by atoms with E-state index < -0.39 is 20.8 Å². The van der Waals surface area contributed by atoms with E-state index in [1.54, 1.807) is 0 Å². The normalized spacial score (nSPS) is 11.6. The zero-order valence-electron chi connectivity index (χ0n) is 37.7. The third-order valence-corrected chi connectivity index (χ3v) is 12.6. The monoisotopic (exact) mass is 948 g/mol. The molecule has 0 bridgehead atoms. The number of hydrogen-bond donors (Lipinski definition) is 0. The maximum absolute atomic E-state index is 9.68. The Hall–Kier alpha value is -6.58. The summed E-state index contributed by atoms with van der Waals surface area (Å²) in [6, 6.07) is 87.3. The highest BCUT2D eigenvalue weighted by molar-refractivity contribution is 7.94. The van der Waals surface area contributed by atoms with Crippen LogP contribution in [0.3, 0.4) is 0 Å². The molecule has 0 fully saturated rings. The summed E-state index contributed by atoms with van der Waals surface area (Å²) in [5, 5.41) is 9.01. The van der Waals surface area contributed by atoms with E-state index in [4.69, 9.17) is 5.26 Å². The Labute approximate surface area is 402 Å². The number of nitrogens with zero attached hydrogens (tertiary/aromatic N) is 2. The summed E-state index contributed by atoms with van der Waals surface area (Å²) in [5.41, 5.74) is 11.1. The minimum absolute atomic E-state index is 0.960. The second kappa shape index (κ2) is 25.5. The van der Waals surface area contributed by atoms with Gasteiger partial charge in [0.15, 0.2) is 0 Å². The van der Waals surface area contributed by atoms with Crippen molar-refractivity contribution < 1.29 is 43.6 Å². The average Bonchev–Trinajstić information content (AvgIpc) is 3.34. The Morgan fingerprint density at radius 2 is 0.441 bits per heavy atom. The van der Waals surface area contributed by atoms with Crippen molar-refractivity contribution >= 4 is 20.8 Å². The number of hydrogen-bond acceptors (Lipinski definition) is 8. The van der Waals surface area contributed by atoms with Crippen LogP contribution in [-0.2, 0) is 81.1 Å². The van der Waals surface area contributed by atoms with Gasteiger partial charge in [0.25, 0.3) is 0 Å². The van der Waals surface area contributed by atoms with E-state index in [0.717, 1.165) is 61.3 Å². The van der Waals surface area contributed by atoms with Crippen LogP contribution in [0.5, 0.6) is 0 Å². The molecule has 0 spiro atoms. The first-order chi connectivity index (χ1) is 32.9. The Balaban J connectivity index is 0.000000187. The van der Waals surface area contributed by atoms with E-state index in [9.17, 15) is 21.4 Å². The summed E-state index contributed by atoms with van der Waals surface area (Å²) in [4.78, 5) is 0. The zero-order valence-corrected chi connectivity index (χ0v) is 39.4. The van der Waals surface area contributed by atoms with E-state index in [2.05, 4.69) is 251 Å². The Morgan fingerprint density at radius 1 is 0.294 bits per heavy atom. The maximum atomic E-state index is 9.68. The molecular weight excluding hydrogens is 893 g/mol. The summed E-state index contributed by atoms with van der Waals surface area (Å²) < 4.78 is 54.4. The lowest BCUT2D eigenvalue weighted by molar-refractivity contribution is -0.978. The smallest absolute Gasteiger partial charge is 0.405 e. The Bertz CT molecular complexity index is 2360. The van der Waals surface area contributed by atoms with Gasteiger partial charge < -0.3 is 23.1 Å². The first kappa shape index (κ1) is 50.8. The predicted octanol–water partition coefficient (Wildman–Crippen LogP) is 10.2. The van der Waals surface area contributed by atoms with Gasteiger partial charge in [-0.25, -0.2) is 8.42 Å². The lowest BCUT2D eigenvalue weighted by Crippen LogP contribution is -2.45. The van der Waals surface area contributed by atoms with Crippen molar-refractivity contribution in [2.24, 2.45) is 0 Å². The fourth-order valence-corrected chi connectivity index (χ4v) is 9.46. The number of quaternary nitrogens is 2. The summed E-state index contributed by atoms with van der Waals surface area (Å²) in [5.74, 6) is 0. The molecule has 350 valence electrons. The fraction of sp³-hybridized carbons (Fsp3) is 0.143. The minimum Gasteiger partial charge on any atom is -0.725 e. The number of rotatable bonds is 19. The lowest BCUT2D eigenvalue weighted by Gasteiger charge is -2.39. The summed E-state index contributed by atoms with van der Waals surface area (Å²) in [6.07, 6.45) is 0. The largest absolute Gasteiger partial charge is 0.725 e. The molecule has 0 amide bonds. The van der Waals surface area contributed by atoms with Crippen LogP contribution in [-0.4, -0.2) is 30.4 Å². The molecule has 0 unspecified atom stereocenters. The fourth-order valence-electron chi connectivity index (χ4n) is 8.55. The van der Waals surface area contributed by atoms with Crippen molar-refractivity contribution in [2.45, 2.75) is 52.4 Å². The minimum atomic E-state index is -5.46. The molecule has 0 saturated heterocycles. The number of benzene rings is 8. The van der Waals surface area contributed by atoms with Crippen LogP contribution in [0.1, 0.15) is 44.5 Å². The van der Waals surface area contributed by atoms with Crippen molar-refractivity contribution in [2.75, 3.05) is 0 Å². The molecule has 0 N–H and O–H groups in total. The van der Waals surface area contributed by atoms with Crippen LogP contribution in [0.4, 0.5) is 0 Å². The first-order valence-electron chi connectivity index (χ1n) is 22.1. The van der Waals surface area contributed by atoms with E-state index >= 15 is 0 Å². The van der Waals surface area contributed by atoms with Gasteiger partial charge in [-0.05, 0) is 0 Å². The van der Waals surface area contributed by atoms with Crippen LogP contribution in [0.15, 0.2) is 243 Å². The van der Waals surface area contributed by atoms with Crippen LogP contribution >= 0.6 is 0 Å². The van der Waals surface area contributed by atoms with Gasteiger partial charge in [0.2, 0.25) is 10.4 Å². The van der Waals surface area contributed by atoms with Crippen LogP contribution in [0, 0.1) is 0 Å². The quantitative estimate of drug-likeness (QED) is 0.0257. The second-order valence-corrected chi connectivity index (χ2v) is 19.1. The first-order valence-corrected chi connectivity index (χ1v) is 24.8. The third-order valence-electron chi connectivity index (χ3n) is 11.1. The van der Waals surface area contributed by atoms with Gasteiger partial charge in [-0.3, -0.25) is 0 Å². The van der Waals surface area contributed by atoms with Crippen molar-refractivity contribution in [3.63, 3.8) is 0 Å². The zero-order chi connectivity index (χ0) is 48.0. The highest BCUT2D eigenvalue weighted by atomic mass is 32.3. The molecule has 0 saturated carbocycles. The van der Waals surface area contributed by atoms with Gasteiger partial charge in [-0.15, -0.1) is 3.63 Å². The molecular formula is C56H56N2O8S2. The molecule has 12 heteroatoms. The highest BCUT2D eigenvalue weighted by Crippen LogP contribution is 2.29. The predicted molar refractivity (Wildman–Crippen MR) is 262 cm³/mol. The van der Waals surface area contributed by atoms with Gasteiger partial charge >= 0.3 is 10.4 Å². The summed E-state index contributed by atoms with van der Waals surface area (Å²) in [7, 11) is -10.7. The molecule has 10 nitrogen and oxygen atoms in total. The molecule has 0 aliphatic carbocycles. The average molecular weight is 949 g/mol. The summed E-state index contributed by atoms with van der Waals surface area (Å²) >= 11 is 0. The van der Waals surface area contributed by atoms with E-state index in [-0.39, 0.29) is 0 Å². The van der Waals surface area contributed by atoms with Crippen molar-refractivity contribution in [3.05, 3.63) is 287 Å². The molecule has 8 aromatic carbocycles. The maximum Gasteiger partial charge on any atom is 0.405 e. The highest BCUT2D eigenvalue weighted by Gasteiger charge is 2.31. The standard InChI is InChI=1S/2C28H28N.H2O8S2/c2*1-5-13-25(14-6-1)21-29(22-26-15-7-2-8-16-26,23-27-17-9-3-10-18-27)24-28-19-11-4-12-20-28;1-7-10(5,6)8-9(2,3)4/h2*1-20H,21-24H2;1H,(H,2,3,4)/q2*+1;/p-2. The van der Waals surface area contributed by atoms with Crippen molar-refractivity contribution in [1.29, 1.82) is 0 Å². The van der Waals surface area contributed by atoms with E-state index in [0.29, 0.717) is 0 Å². The lowest BCUT2D eigenvalue weighted by atomic mass is 10.0. The molecule has 8 rings (SSSR count). The van der Waals surface area contributed by atoms with Gasteiger partial charge in [0.05, 0.1) is 0 Å². The van der Waals surface area contributed by atoms with Crippen molar-refractivity contribution in [1.82, 2.24) is 0 Å². The van der Waals surface area contributed by atoms with Gasteiger partial charge in [-0.2, -0.15) is 8.42 Å². The molecule has 68 heavy (non-hydrogen) atoms. The van der Waals surface area contributed by atoms with Crippen molar-refractivity contribution in [3.8, 4) is 0 Å². The molecule has 0 atom stereocenters. The van der Waals surface area contributed by atoms with E-state index in [1.165, 1.54) is 44.5 Å². The van der Waals surface area contributed by atoms with E-state index in [1.807, 2.05) is 0 Å². The topological polar surface area (TPSA) is 133 Å². The molecule has 8 aromatic rings. The van der Waals surface area contributed by atoms with Gasteiger partial charge in [0.1, 0.15) is 52.4 Å².